The van der Waals surface area contributed by atoms with E-state index in [1.807, 2.05) is 13.8 Å². The molecule has 14 nitrogen and oxygen atoms in total. The summed E-state index contributed by atoms with van der Waals surface area (Å²) in [4.78, 5) is 53.3. The number of nitrogen functional groups attached to an aromatic ring is 1. The molecule has 0 radical (unpaired) electrons. The fourth-order valence-corrected chi connectivity index (χ4v) is 3.89. The first-order chi connectivity index (χ1) is 22.2. The van der Waals surface area contributed by atoms with Crippen molar-refractivity contribution in [2.45, 2.75) is 39.1 Å². The monoisotopic (exact) mass is 659 g/mol. The summed E-state index contributed by atoms with van der Waals surface area (Å²) in [5.41, 5.74) is 10.9. The molecule has 2 aromatic carbocycles. The van der Waals surface area contributed by atoms with Gasteiger partial charge in [-0.25, -0.2) is 4.79 Å². The van der Waals surface area contributed by atoms with E-state index in [0.717, 1.165) is 6.20 Å². The molecule has 1 unspecified atom stereocenters. The van der Waals surface area contributed by atoms with Crippen molar-refractivity contribution in [1.82, 2.24) is 15.8 Å². The maximum absolute atomic E-state index is 13.5. The number of benzene rings is 2. The summed E-state index contributed by atoms with van der Waals surface area (Å²) >= 11 is 0. The number of carbonyl (C=O) groups excluding carboxylic acids is 4. The number of amides is 3. The molecule has 47 heavy (non-hydrogen) atoms. The highest BCUT2D eigenvalue weighted by molar-refractivity contribution is 6.04. The number of carbonyl (C=O) groups is 4. The highest BCUT2D eigenvalue weighted by Gasteiger charge is 2.41. The number of nitrogens with zero attached hydrogens (tertiary/aromatic N) is 1. The smallest absolute Gasteiger partial charge is 0.490 e. The van der Waals surface area contributed by atoms with Gasteiger partial charge >= 0.3 is 12.1 Å². The van der Waals surface area contributed by atoms with Crippen LogP contribution >= 0.6 is 0 Å². The molecule has 0 saturated carbocycles. The van der Waals surface area contributed by atoms with Crippen molar-refractivity contribution in [3.63, 3.8) is 0 Å². The molecule has 3 aromatic rings. The second-order valence-electron chi connectivity index (χ2n) is 9.86. The van der Waals surface area contributed by atoms with Crippen LogP contribution in [-0.2, 0) is 19.1 Å². The molecule has 1 heterocycles. The zero-order chi connectivity index (χ0) is 34.7. The van der Waals surface area contributed by atoms with Gasteiger partial charge in [-0.2, -0.15) is 13.2 Å². The number of hydrazine groups is 1. The molecule has 0 aliphatic heterocycles. The molecule has 0 spiro atoms. The Balaban J connectivity index is 1.82. The van der Waals surface area contributed by atoms with E-state index in [4.69, 9.17) is 20.6 Å². The highest BCUT2D eigenvalue weighted by atomic mass is 19.4. The largest absolute Gasteiger partial charge is 0.490 e. The van der Waals surface area contributed by atoms with E-state index in [1.165, 1.54) is 12.3 Å². The van der Waals surface area contributed by atoms with Gasteiger partial charge in [-0.1, -0.05) is 6.07 Å². The van der Waals surface area contributed by atoms with E-state index in [0.29, 0.717) is 34.9 Å². The Labute approximate surface area is 266 Å². The average molecular weight is 660 g/mol. The number of anilines is 2. The Kier molecular flexibility index (Phi) is 12.1. The van der Waals surface area contributed by atoms with Crippen LogP contribution in [0.1, 0.15) is 48.3 Å². The van der Waals surface area contributed by atoms with Crippen LogP contribution in [0.2, 0.25) is 0 Å². The second-order valence-corrected chi connectivity index (χ2v) is 9.86. The molecule has 3 amide bonds. The first kappa shape index (κ1) is 35.6. The normalized spacial score (nSPS) is 11.6. The number of amidine groups is 1. The van der Waals surface area contributed by atoms with Gasteiger partial charge in [-0.3, -0.25) is 35.6 Å². The van der Waals surface area contributed by atoms with Crippen LogP contribution in [0.15, 0.2) is 60.9 Å². The lowest BCUT2D eigenvalue weighted by atomic mass is 10.0. The summed E-state index contributed by atoms with van der Waals surface area (Å²) < 4.78 is 52.5. The van der Waals surface area contributed by atoms with Gasteiger partial charge in [0.15, 0.2) is 18.1 Å². The number of esters is 1. The van der Waals surface area contributed by atoms with Crippen molar-refractivity contribution in [3.8, 4) is 11.5 Å². The summed E-state index contributed by atoms with van der Waals surface area (Å²) in [7, 11) is 0. The lowest BCUT2D eigenvalue weighted by Gasteiger charge is -2.22. The van der Waals surface area contributed by atoms with Gasteiger partial charge < -0.3 is 30.6 Å². The maximum atomic E-state index is 13.5. The van der Waals surface area contributed by atoms with E-state index in [2.05, 4.69) is 31.2 Å². The average Bonchev–Trinajstić information content (AvgIpc) is 3.02. The molecule has 1 aromatic heterocycles. The summed E-state index contributed by atoms with van der Waals surface area (Å²) in [5.74, 6) is -4.74. The van der Waals surface area contributed by atoms with Crippen molar-refractivity contribution in [3.05, 3.63) is 77.6 Å². The Hall–Kier alpha value is -5.87. The Morgan fingerprint density at radius 3 is 2.32 bits per heavy atom. The van der Waals surface area contributed by atoms with Gasteiger partial charge in [0.2, 0.25) is 0 Å². The van der Waals surface area contributed by atoms with Gasteiger partial charge in [0.25, 0.3) is 17.7 Å². The van der Waals surface area contributed by atoms with Crippen molar-refractivity contribution in [2.75, 3.05) is 23.8 Å². The molecular weight excluding hydrogens is 627 g/mol. The van der Waals surface area contributed by atoms with Crippen LogP contribution in [0.4, 0.5) is 24.5 Å². The van der Waals surface area contributed by atoms with E-state index in [1.54, 1.807) is 49.4 Å². The fraction of sp³-hybridized carbons (Fsp3) is 0.267. The molecule has 1 atom stereocenters. The Morgan fingerprint density at radius 2 is 1.70 bits per heavy atom. The zero-order valence-corrected chi connectivity index (χ0v) is 25.4. The molecule has 0 saturated heterocycles. The Bertz CT molecular complexity index is 1620. The number of nitrogens with one attached hydrogen (secondary N) is 5. The van der Waals surface area contributed by atoms with Gasteiger partial charge in [0, 0.05) is 17.4 Å². The summed E-state index contributed by atoms with van der Waals surface area (Å²) in [6.45, 7) is 4.50. The number of rotatable bonds is 13. The summed E-state index contributed by atoms with van der Waals surface area (Å²) in [5, 5.41) is 12.8. The number of alkyl halides is 3. The molecule has 0 fully saturated rings. The minimum Gasteiger partial charge on any atom is -0.490 e. The second kappa shape index (κ2) is 15.9. The molecule has 17 heteroatoms. The Morgan fingerprint density at radius 1 is 1.00 bits per heavy atom. The van der Waals surface area contributed by atoms with Crippen LogP contribution < -0.4 is 36.7 Å². The number of pyridine rings is 1. The van der Waals surface area contributed by atoms with Gasteiger partial charge in [-0.15, -0.1) is 0 Å². The third-order valence-corrected chi connectivity index (χ3v) is 5.94. The van der Waals surface area contributed by atoms with E-state index >= 15 is 0 Å². The first-order valence-electron chi connectivity index (χ1n) is 13.9. The topological polar surface area (TPSA) is 207 Å². The lowest BCUT2D eigenvalue weighted by Crippen LogP contribution is -2.45. The number of ether oxygens (including phenoxy) is 3. The number of hydrogen-bond acceptors (Lipinski definition) is 10. The molecule has 3 rings (SSSR count). The van der Waals surface area contributed by atoms with Crippen LogP contribution in [0.25, 0.3) is 0 Å². The van der Waals surface area contributed by atoms with E-state index in [-0.39, 0.29) is 23.2 Å². The van der Waals surface area contributed by atoms with E-state index < -0.39 is 42.5 Å². The maximum Gasteiger partial charge on any atom is 0.490 e. The van der Waals surface area contributed by atoms with Crippen molar-refractivity contribution in [2.24, 2.45) is 5.73 Å². The SMILES string of the molecule is CCOc1cc(C(Nc2ccc(C(=N)N)cc2)C(=O)NNC(=O)c2ccncc2NC(=O)COC(=O)C(F)(F)F)ccc1OC(C)C. The zero-order valence-electron chi connectivity index (χ0n) is 25.4. The minimum absolute atomic E-state index is 0.148. The van der Waals surface area contributed by atoms with Crippen molar-refractivity contribution in [1.29, 1.82) is 5.41 Å². The predicted octanol–water partition coefficient (Wildman–Crippen LogP) is 3.21. The predicted molar refractivity (Wildman–Crippen MR) is 163 cm³/mol. The van der Waals surface area contributed by atoms with Gasteiger partial charge in [0.05, 0.1) is 30.2 Å². The van der Waals surface area contributed by atoms with E-state index in [9.17, 15) is 32.3 Å². The fourth-order valence-electron chi connectivity index (χ4n) is 3.89. The molecule has 0 aliphatic rings. The third kappa shape index (κ3) is 10.3. The molecule has 250 valence electrons. The number of aromatic nitrogens is 1. The third-order valence-electron chi connectivity index (χ3n) is 5.94. The molecular formula is C30H32F3N7O7. The highest BCUT2D eigenvalue weighted by Crippen LogP contribution is 2.33. The van der Waals surface area contributed by atoms with Crippen LogP contribution in [0.3, 0.4) is 0 Å². The van der Waals surface area contributed by atoms with Crippen LogP contribution in [0, 0.1) is 5.41 Å². The minimum atomic E-state index is -5.29. The first-order valence-corrected chi connectivity index (χ1v) is 13.9. The number of nitrogens with two attached hydrogens (primary N) is 1. The summed E-state index contributed by atoms with van der Waals surface area (Å²) in [6, 6.07) is 11.3. The number of hydrogen-bond donors (Lipinski definition) is 6. The number of halogens is 3. The van der Waals surface area contributed by atoms with Crippen LogP contribution in [0.5, 0.6) is 11.5 Å². The van der Waals surface area contributed by atoms with Crippen molar-refractivity contribution < 1.29 is 46.6 Å². The summed E-state index contributed by atoms with van der Waals surface area (Å²) in [6.07, 6.45) is -3.23. The van der Waals surface area contributed by atoms with Crippen molar-refractivity contribution >= 4 is 40.9 Å². The van der Waals surface area contributed by atoms with Gasteiger partial charge in [0.1, 0.15) is 11.9 Å². The van der Waals surface area contributed by atoms with Gasteiger partial charge in [-0.05, 0) is 68.8 Å². The molecule has 7 N–H and O–H groups in total. The lowest BCUT2D eigenvalue weighted by molar-refractivity contribution is -0.199. The molecule has 0 bridgehead atoms. The standard InChI is InChI=1S/C30H32F3N7O7/c1-4-45-23-13-18(7-10-22(23)47-16(2)3)25(37-19-8-5-17(6-9-19)26(34)35)28(43)40-39-27(42)20-11-12-36-14-21(20)38-24(41)15-46-29(44)30(31,32)33/h5-14,16,25,37H,4,15H2,1-3H3,(H3,34,35)(H,38,41)(H,39,42)(H,40,43). The van der Waals surface area contributed by atoms with Crippen LogP contribution in [-0.4, -0.2) is 60.0 Å². The quantitative estimate of drug-likeness (QED) is 0.0684. The molecule has 0 aliphatic carbocycles.